The summed E-state index contributed by atoms with van der Waals surface area (Å²) in [6.07, 6.45) is 3.71. The second-order valence-corrected chi connectivity index (χ2v) is 5.60. The van der Waals surface area contributed by atoms with Crippen molar-refractivity contribution in [2.75, 3.05) is 11.4 Å². The molecule has 0 aliphatic carbocycles. The maximum atomic E-state index is 6.05. The van der Waals surface area contributed by atoms with E-state index in [-0.39, 0.29) is 0 Å². The SMILES string of the molecule is CCN1C(=CC=Nc2ccccc2)Oc2ccc3ccccc3c21. The van der Waals surface area contributed by atoms with Crippen LogP contribution in [0.15, 0.2) is 83.7 Å². The van der Waals surface area contributed by atoms with Gasteiger partial charge in [-0.1, -0.05) is 48.5 Å². The summed E-state index contributed by atoms with van der Waals surface area (Å²) in [6.45, 7) is 2.97. The van der Waals surface area contributed by atoms with Gasteiger partial charge in [0.15, 0.2) is 5.75 Å². The highest BCUT2D eigenvalue weighted by molar-refractivity contribution is 5.99. The molecular weight excluding hydrogens is 296 g/mol. The molecule has 118 valence electrons. The van der Waals surface area contributed by atoms with Crippen LogP contribution >= 0.6 is 0 Å². The fraction of sp³-hybridized carbons (Fsp3) is 0.0952. The minimum Gasteiger partial charge on any atom is -0.439 e. The molecule has 0 radical (unpaired) electrons. The molecule has 0 saturated carbocycles. The molecule has 3 nitrogen and oxygen atoms in total. The normalized spacial score (nSPS) is 15.2. The maximum Gasteiger partial charge on any atom is 0.202 e. The zero-order valence-electron chi connectivity index (χ0n) is 13.5. The molecule has 3 aromatic carbocycles. The number of fused-ring (bicyclic) bond motifs is 3. The Hall–Kier alpha value is -3.07. The van der Waals surface area contributed by atoms with Gasteiger partial charge >= 0.3 is 0 Å². The molecule has 0 bridgehead atoms. The summed E-state index contributed by atoms with van der Waals surface area (Å²) >= 11 is 0. The van der Waals surface area contributed by atoms with E-state index in [9.17, 15) is 0 Å². The van der Waals surface area contributed by atoms with Crippen molar-refractivity contribution in [2.24, 2.45) is 4.99 Å². The number of allylic oxidation sites excluding steroid dienone is 1. The van der Waals surface area contributed by atoms with Crippen molar-refractivity contribution in [2.45, 2.75) is 6.92 Å². The third-order valence-corrected chi connectivity index (χ3v) is 4.13. The molecule has 0 spiro atoms. The van der Waals surface area contributed by atoms with Crippen LogP contribution in [0.1, 0.15) is 6.92 Å². The number of hydrogen-bond acceptors (Lipinski definition) is 3. The second-order valence-electron chi connectivity index (χ2n) is 5.60. The zero-order valence-corrected chi connectivity index (χ0v) is 13.5. The lowest BCUT2D eigenvalue weighted by molar-refractivity contribution is 0.441. The van der Waals surface area contributed by atoms with Crippen LogP contribution in [0.25, 0.3) is 10.8 Å². The van der Waals surface area contributed by atoms with Crippen molar-refractivity contribution < 1.29 is 4.74 Å². The van der Waals surface area contributed by atoms with E-state index < -0.39 is 0 Å². The Bertz CT molecular complexity index is 929. The van der Waals surface area contributed by atoms with Crippen molar-refractivity contribution in [3.63, 3.8) is 0 Å². The number of hydrogen-bond donors (Lipinski definition) is 0. The van der Waals surface area contributed by atoms with E-state index in [2.05, 4.69) is 47.1 Å². The van der Waals surface area contributed by atoms with Crippen molar-refractivity contribution in [3.05, 3.63) is 78.7 Å². The summed E-state index contributed by atoms with van der Waals surface area (Å²) < 4.78 is 6.05. The molecule has 0 fully saturated rings. The molecule has 3 aromatic rings. The Morgan fingerprint density at radius 1 is 0.958 bits per heavy atom. The third kappa shape index (κ3) is 2.54. The molecule has 1 aliphatic rings. The standard InChI is InChI=1S/C21H18N2O/c1-2-23-20(14-15-22-17-9-4-3-5-10-17)24-19-13-12-16-8-6-7-11-18(16)21(19)23/h3-15H,2H2,1H3. The molecule has 0 N–H and O–H groups in total. The van der Waals surface area contributed by atoms with Crippen LogP contribution < -0.4 is 9.64 Å². The first-order valence-electron chi connectivity index (χ1n) is 8.13. The Labute approximate surface area is 141 Å². The molecule has 0 unspecified atom stereocenters. The van der Waals surface area contributed by atoms with Gasteiger partial charge in [-0.25, -0.2) is 0 Å². The first kappa shape index (κ1) is 14.5. The van der Waals surface area contributed by atoms with Crippen LogP contribution in [0, 0.1) is 0 Å². The van der Waals surface area contributed by atoms with E-state index in [4.69, 9.17) is 4.74 Å². The number of benzene rings is 3. The molecule has 1 heterocycles. The number of nitrogens with zero attached hydrogens (tertiary/aromatic N) is 2. The summed E-state index contributed by atoms with van der Waals surface area (Å²) in [5.74, 6) is 1.71. The van der Waals surface area contributed by atoms with Gasteiger partial charge in [-0.15, -0.1) is 0 Å². The molecular formula is C21H18N2O. The third-order valence-electron chi connectivity index (χ3n) is 4.13. The topological polar surface area (TPSA) is 24.8 Å². The first-order chi connectivity index (χ1) is 11.9. The van der Waals surface area contributed by atoms with Gasteiger partial charge in [-0.05, 0) is 30.5 Å². The molecule has 1 aliphatic heterocycles. The number of para-hydroxylation sites is 1. The lowest BCUT2D eigenvalue weighted by atomic mass is 10.1. The van der Waals surface area contributed by atoms with Gasteiger partial charge in [0.25, 0.3) is 0 Å². The van der Waals surface area contributed by atoms with Gasteiger partial charge in [0, 0.05) is 24.2 Å². The summed E-state index contributed by atoms with van der Waals surface area (Å²) in [5, 5.41) is 2.43. The minimum atomic E-state index is 0.809. The molecule has 24 heavy (non-hydrogen) atoms. The van der Waals surface area contributed by atoms with Crippen LogP contribution in [-0.2, 0) is 0 Å². The van der Waals surface area contributed by atoms with Crippen LogP contribution in [0.3, 0.4) is 0 Å². The summed E-state index contributed by atoms with van der Waals surface area (Å²) in [4.78, 5) is 6.64. The average Bonchev–Trinajstić information content (AvgIpc) is 3.00. The Morgan fingerprint density at radius 3 is 2.58 bits per heavy atom. The summed E-state index contributed by atoms with van der Waals surface area (Å²) in [6, 6.07) is 22.4. The van der Waals surface area contributed by atoms with Gasteiger partial charge in [0.05, 0.1) is 11.4 Å². The summed E-state index contributed by atoms with van der Waals surface area (Å²) in [5.41, 5.74) is 2.06. The van der Waals surface area contributed by atoms with Crippen molar-refractivity contribution >= 4 is 28.4 Å². The molecule has 4 rings (SSSR count). The minimum absolute atomic E-state index is 0.809. The van der Waals surface area contributed by atoms with E-state index in [0.29, 0.717) is 0 Å². The molecule has 0 amide bonds. The molecule has 0 saturated heterocycles. The van der Waals surface area contributed by atoms with Gasteiger partial charge in [0.2, 0.25) is 5.88 Å². The first-order valence-corrected chi connectivity index (χ1v) is 8.13. The monoisotopic (exact) mass is 314 g/mol. The maximum absolute atomic E-state index is 6.05. The highest BCUT2D eigenvalue weighted by Gasteiger charge is 2.26. The van der Waals surface area contributed by atoms with Crippen molar-refractivity contribution in [1.82, 2.24) is 0 Å². The van der Waals surface area contributed by atoms with Gasteiger partial charge < -0.3 is 9.64 Å². The largest absolute Gasteiger partial charge is 0.439 e. The van der Waals surface area contributed by atoms with Crippen LogP contribution in [0.2, 0.25) is 0 Å². The summed E-state index contributed by atoms with van der Waals surface area (Å²) in [7, 11) is 0. The quantitative estimate of drug-likeness (QED) is 0.613. The van der Waals surface area contributed by atoms with E-state index in [1.165, 1.54) is 10.8 Å². The highest BCUT2D eigenvalue weighted by Crippen LogP contribution is 2.43. The predicted molar refractivity (Wildman–Crippen MR) is 100 cm³/mol. The Balaban J connectivity index is 1.70. The van der Waals surface area contributed by atoms with E-state index in [1.807, 2.05) is 42.5 Å². The Kier molecular flexibility index (Phi) is 3.75. The van der Waals surface area contributed by atoms with Gasteiger partial charge in [-0.2, -0.15) is 0 Å². The highest BCUT2D eigenvalue weighted by atomic mass is 16.5. The predicted octanol–water partition coefficient (Wildman–Crippen LogP) is 5.30. The van der Waals surface area contributed by atoms with Crippen LogP contribution in [0.4, 0.5) is 11.4 Å². The molecule has 3 heteroatoms. The van der Waals surface area contributed by atoms with Gasteiger partial charge in [-0.3, -0.25) is 4.99 Å². The number of ether oxygens (including phenoxy) is 1. The average molecular weight is 314 g/mol. The lowest BCUT2D eigenvalue weighted by Crippen LogP contribution is -2.19. The van der Waals surface area contributed by atoms with Crippen LogP contribution in [0.5, 0.6) is 5.75 Å². The second kappa shape index (κ2) is 6.20. The smallest absolute Gasteiger partial charge is 0.202 e. The zero-order chi connectivity index (χ0) is 16.4. The van der Waals surface area contributed by atoms with E-state index in [1.54, 1.807) is 6.21 Å². The van der Waals surface area contributed by atoms with Crippen LogP contribution in [-0.4, -0.2) is 12.8 Å². The Morgan fingerprint density at radius 2 is 1.75 bits per heavy atom. The van der Waals surface area contributed by atoms with Crippen molar-refractivity contribution in [3.8, 4) is 5.75 Å². The van der Waals surface area contributed by atoms with Crippen molar-refractivity contribution in [1.29, 1.82) is 0 Å². The molecule has 0 atom stereocenters. The lowest BCUT2D eigenvalue weighted by Gasteiger charge is -2.16. The number of anilines is 1. The number of aliphatic imine (C=N–C) groups is 1. The fourth-order valence-corrected chi connectivity index (χ4v) is 3.01. The van der Waals surface area contributed by atoms with Gasteiger partial charge in [0.1, 0.15) is 0 Å². The fourth-order valence-electron chi connectivity index (χ4n) is 3.01. The van der Waals surface area contributed by atoms with E-state index in [0.717, 1.165) is 29.6 Å². The molecule has 0 aromatic heterocycles. The van der Waals surface area contributed by atoms with E-state index >= 15 is 0 Å². The number of rotatable bonds is 3.